The number of nitriles is 1. The van der Waals surface area contributed by atoms with Gasteiger partial charge in [0.05, 0.1) is 43.2 Å². The van der Waals surface area contributed by atoms with Gasteiger partial charge in [-0.3, -0.25) is 4.98 Å². The summed E-state index contributed by atoms with van der Waals surface area (Å²) in [7, 11) is 0. The first-order valence-corrected chi connectivity index (χ1v) is 13.1. The highest BCUT2D eigenvalue weighted by Crippen LogP contribution is 2.39. The Labute approximate surface area is 218 Å². The second-order valence-corrected chi connectivity index (χ2v) is 9.90. The molecule has 2 saturated heterocycles. The molecule has 2 fully saturated rings. The summed E-state index contributed by atoms with van der Waals surface area (Å²) in [6.07, 6.45) is 6.81. The first-order valence-electron chi connectivity index (χ1n) is 13.1. The van der Waals surface area contributed by atoms with Crippen LogP contribution in [0.3, 0.4) is 0 Å². The lowest BCUT2D eigenvalue weighted by Gasteiger charge is -2.47. The molecule has 0 aliphatic carbocycles. The van der Waals surface area contributed by atoms with Crippen LogP contribution in [0.25, 0.3) is 17.0 Å². The monoisotopic (exact) mass is 498 g/mol. The third kappa shape index (κ3) is 5.56. The van der Waals surface area contributed by atoms with Gasteiger partial charge in [0.25, 0.3) is 0 Å². The van der Waals surface area contributed by atoms with Gasteiger partial charge in [-0.1, -0.05) is 24.8 Å². The molecule has 0 atom stereocenters. The molecule has 0 radical (unpaired) electrons. The Kier molecular flexibility index (Phi) is 7.59. The predicted molar refractivity (Wildman–Crippen MR) is 146 cm³/mol. The van der Waals surface area contributed by atoms with Crippen molar-refractivity contribution in [3.63, 3.8) is 0 Å². The van der Waals surface area contributed by atoms with E-state index in [0.29, 0.717) is 41.4 Å². The minimum Gasteiger partial charge on any atom is -0.490 e. The summed E-state index contributed by atoms with van der Waals surface area (Å²) < 4.78 is 17.6. The zero-order valence-electron chi connectivity index (χ0n) is 21.5. The van der Waals surface area contributed by atoms with Gasteiger partial charge in [-0.2, -0.15) is 5.26 Å². The number of benzene rings is 2. The van der Waals surface area contributed by atoms with E-state index in [-0.39, 0.29) is 0 Å². The molecule has 3 heterocycles. The Morgan fingerprint density at radius 1 is 1.19 bits per heavy atom. The second-order valence-electron chi connectivity index (χ2n) is 9.90. The highest BCUT2D eigenvalue weighted by molar-refractivity contribution is 5.97. The lowest BCUT2D eigenvalue weighted by atomic mass is 9.77. The largest absolute Gasteiger partial charge is 0.490 e. The van der Waals surface area contributed by atoms with Crippen molar-refractivity contribution in [3.05, 3.63) is 60.3 Å². The fraction of sp³-hybridized carbons (Fsp3) is 0.400. The molecule has 0 amide bonds. The summed E-state index contributed by atoms with van der Waals surface area (Å²) in [5.74, 6) is 1.33. The molecule has 2 aliphatic heterocycles. The summed E-state index contributed by atoms with van der Waals surface area (Å²) in [6.45, 7) is 12.1. The molecular formula is C30H34N4O3. The van der Waals surface area contributed by atoms with Crippen molar-refractivity contribution < 1.29 is 14.2 Å². The third-order valence-electron chi connectivity index (χ3n) is 7.35. The van der Waals surface area contributed by atoms with Crippen molar-refractivity contribution >= 4 is 28.4 Å². The van der Waals surface area contributed by atoms with Crippen LogP contribution in [-0.4, -0.2) is 55.9 Å². The van der Waals surface area contributed by atoms with Crippen LogP contribution in [-0.2, 0) is 4.74 Å². The molecule has 0 bridgehead atoms. The van der Waals surface area contributed by atoms with Gasteiger partial charge >= 0.3 is 0 Å². The maximum Gasteiger partial charge on any atom is 0.163 e. The summed E-state index contributed by atoms with van der Waals surface area (Å²) in [5, 5.41) is 14.0. The summed E-state index contributed by atoms with van der Waals surface area (Å²) >= 11 is 0. The molecule has 0 saturated carbocycles. The number of nitrogens with one attached hydrogen (secondary N) is 1. The van der Waals surface area contributed by atoms with Crippen molar-refractivity contribution in [3.8, 4) is 17.6 Å². The summed E-state index contributed by atoms with van der Waals surface area (Å²) in [4.78, 5) is 7.07. The fourth-order valence-electron chi connectivity index (χ4n) is 5.09. The normalized spacial score (nSPS) is 16.6. The Hall–Kier alpha value is -3.60. The zero-order valence-corrected chi connectivity index (χ0v) is 21.5. The number of ether oxygens (including phenoxy) is 3. The van der Waals surface area contributed by atoms with Crippen LogP contribution < -0.4 is 14.8 Å². The van der Waals surface area contributed by atoms with Gasteiger partial charge in [-0.15, -0.1) is 0 Å². The molecule has 0 unspecified atom stereocenters. The predicted octanol–water partition coefficient (Wildman–Crippen LogP) is 5.77. The maximum atomic E-state index is 9.77. The molecule has 7 heteroatoms. The molecule has 5 rings (SSSR count). The number of nitrogens with zero attached hydrogens (tertiary/aromatic N) is 3. The van der Waals surface area contributed by atoms with E-state index in [4.69, 9.17) is 14.2 Å². The average molecular weight is 499 g/mol. The van der Waals surface area contributed by atoms with Crippen LogP contribution in [0.1, 0.15) is 37.3 Å². The van der Waals surface area contributed by atoms with E-state index in [1.54, 1.807) is 12.3 Å². The molecule has 2 aliphatic rings. The molecule has 1 N–H and O–H groups in total. The van der Waals surface area contributed by atoms with Crippen LogP contribution in [0.5, 0.6) is 11.5 Å². The molecular weight excluding hydrogens is 464 g/mol. The SMILES string of the molecule is C=Cc1cccc(Nc2c(C#N)cnc3cc(OCCCN4CCC5(CC4)COC5)c(OCC)cc23)c1. The minimum atomic E-state index is 0.462. The van der Waals surface area contributed by atoms with Crippen molar-refractivity contribution in [1.82, 2.24) is 9.88 Å². The standard InChI is InChI=1S/C30H34N4O3/c1-3-22-7-5-8-24(15-22)33-29-23(18-31)19-32-26-17-28(27(36-4-2)16-25(26)29)37-14-6-11-34-12-9-30(10-13-34)20-35-21-30/h3,5,7-8,15-17,19H,1,4,6,9-14,20-21H2,2H3,(H,32,33). The molecule has 192 valence electrons. The van der Waals surface area contributed by atoms with Crippen LogP contribution in [0.4, 0.5) is 11.4 Å². The van der Waals surface area contributed by atoms with E-state index in [2.05, 4.69) is 27.8 Å². The van der Waals surface area contributed by atoms with E-state index < -0.39 is 0 Å². The number of fused-ring (bicyclic) bond motifs is 1. The van der Waals surface area contributed by atoms with Gasteiger partial charge in [0.2, 0.25) is 0 Å². The topological polar surface area (TPSA) is 79.6 Å². The number of aromatic nitrogens is 1. The van der Waals surface area contributed by atoms with Crippen molar-refractivity contribution in [2.45, 2.75) is 26.2 Å². The first-order chi connectivity index (χ1) is 18.1. The van der Waals surface area contributed by atoms with Crippen LogP contribution in [0.15, 0.2) is 49.2 Å². The smallest absolute Gasteiger partial charge is 0.163 e. The zero-order chi connectivity index (χ0) is 25.7. The van der Waals surface area contributed by atoms with E-state index in [9.17, 15) is 5.26 Å². The van der Waals surface area contributed by atoms with E-state index >= 15 is 0 Å². The lowest BCUT2D eigenvalue weighted by Crippen LogP contribution is -2.51. The summed E-state index contributed by atoms with van der Waals surface area (Å²) in [6, 6.07) is 14.0. The number of hydrogen-bond acceptors (Lipinski definition) is 7. The quantitative estimate of drug-likeness (QED) is 0.355. The average Bonchev–Trinajstić information content (AvgIpc) is 2.91. The van der Waals surface area contributed by atoms with Gasteiger partial charge in [-0.05, 0) is 63.0 Å². The number of hydrogen-bond donors (Lipinski definition) is 1. The van der Waals surface area contributed by atoms with Crippen molar-refractivity contribution in [2.75, 3.05) is 51.4 Å². The summed E-state index contributed by atoms with van der Waals surface area (Å²) in [5.41, 5.74) is 4.22. The molecule has 2 aromatic carbocycles. The number of likely N-dealkylation sites (tertiary alicyclic amines) is 1. The van der Waals surface area contributed by atoms with Gasteiger partial charge in [0.1, 0.15) is 6.07 Å². The number of anilines is 2. The molecule has 3 aromatic rings. The van der Waals surface area contributed by atoms with Crippen LogP contribution in [0.2, 0.25) is 0 Å². The van der Waals surface area contributed by atoms with E-state index in [1.165, 1.54) is 12.8 Å². The van der Waals surface area contributed by atoms with Gasteiger partial charge in [-0.25, -0.2) is 0 Å². The highest BCUT2D eigenvalue weighted by atomic mass is 16.5. The lowest BCUT2D eigenvalue weighted by molar-refractivity contribution is -0.139. The second kappa shape index (κ2) is 11.2. The Balaban J connectivity index is 1.31. The highest BCUT2D eigenvalue weighted by Gasteiger charge is 2.40. The van der Waals surface area contributed by atoms with E-state index in [1.807, 2.05) is 43.3 Å². The van der Waals surface area contributed by atoms with Crippen LogP contribution in [0, 0.1) is 16.7 Å². The Bertz CT molecular complexity index is 1300. The Morgan fingerprint density at radius 2 is 2.00 bits per heavy atom. The molecule has 37 heavy (non-hydrogen) atoms. The Morgan fingerprint density at radius 3 is 2.70 bits per heavy atom. The van der Waals surface area contributed by atoms with E-state index in [0.717, 1.165) is 61.4 Å². The molecule has 7 nitrogen and oxygen atoms in total. The minimum absolute atomic E-state index is 0.462. The third-order valence-corrected chi connectivity index (χ3v) is 7.35. The number of piperidine rings is 1. The first kappa shape index (κ1) is 25.1. The van der Waals surface area contributed by atoms with Gasteiger partial charge in [0.15, 0.2) is 11.5 Å². The maximum absolute atomic E-state index is 9.77. The molecule has 1 aromatic heterocycles. The van der Waals surface area contributed by atoms with Crippen molar-refractivity contribution in [2.24, 2.45) is 5.41 Å². The van der Waals surface area contributed by atoms with Crippen LogP contribution >= 0.6 is 0 Å². The number of rotatable bonds is 10. The van der Waals surface area contributed by atoms with Crippen molar-refractivity contribution in [1.29, 1.82) is 5.26 Å². The number of pyridine rings is 1. The fourth-order valence-corrected chi connectivity index (χ4v) is 5.09. The van der Waals surface area contributed by atoms with Gasteiger partial charge in [0, 0.05) is 35.3 Å². The molecule has 1 spiro atoms. The van der Waals surface area contributed by atoms with Gasteiger partial charge < -0.3 is 24.4 Å².